The molecule has 0 atom stereocenters. The van der Waals surface area contributed by atoms with E-state index in [1.54, 1.807) is 0 Å². The number of amides is 1. The summed E-state index contributed by atoms with van der Waals surface area (Å²) in [5.41, 5.74) is 3.75. The second-order valence-electron chi connectivity index (χ2n) is 7.53. The summed E-state index contributed by atoms with van der Waals surface area (Å²) in [4.78, 5) is 35.1. The number of hydrogen-bond acceptors (Lipinski definition) is 7. The zero-order valence-corrected chi connectivity index (χ0v) is 19.3. The van der Waals surface area contributed by atoms with E-state index in [4.69, 9.17) is 0 Å². The fourth-order valence-corrected chi connectivity index (χ4v) is 4.97. The first kappa shape index (κ1) is 21.2. The number of fused-ring (bicyclic) bond motifs is 1. The van der Waals surface area contributed by atoms with Crippen molar-refractivity contribution in [2.45, 2.75) is 19.9 Å². The van der Waals surface area contributed by atoms with Gasteiger partial charge < -0.3 is 5.32 Å². The molecular formula is C24H19N5O2S2. The molecule has 0 saturated carbocycles. The maximum absolute atomic E-state index is 13.2. The third-order valence-corrected chi connectivity index (χ3v) is 6.72. The minimum atomic E-state index is -0.234. The van der Waals surface area contributed by atoms with E-state index in [9.17, 15) is 9.59 Å². The summed E-state index contributed by atoms with van der Waals surface area (Å²) in [6.45, 7) is 2.25. The number of anilines is 1. The Labute approximate surface area is 197 Å². The summed E-state index contributed by atoms with van der Waals surface area (Å²) in [7, 11) is 0. The van der Waals surface area contributed by atoms with Crippen molar-refractivity contribution in [3.8, 4) is 22.5 Å². The molecule has 0 fully saturated rings. The molecule has 0 spiro atoms. The van der Waals surface area contributed by atoms with E-state index < -0.39 is 0 Å². The van der Waals surface area contributed by atoms with Gasteiger partial charge >= 0.3 is 0 Å². The molecule has 0 saturated heterocycles. The standard InChI is InChI=1S/C24H19N5O2S2/c1-15-7-9-16(10-8-15)18-13-32-22-20(18)23(31)29(14-25-22)12-11-19(30)26-24-27-21(28-33-24)17-5-3-2-4-6-17/h2-10,13-14H,11-12H2,1H3,(H,26,27,28,30). The number of nitrogens with zero attached hydrogens (tertiary/aromatic N) is 4. The van der Waals surface area contributed by atoms with Gasteiger partial charge in [0, 0.05) is 41.0 Å². The van der Waals surface area contributed by atoms with Crippen molar-refractivity contribution in [3.05, 3.63) is 82.2 Å². The van der Waals surface area contributed by atoms with Crippen LogP contribution >= 0.6 is 22.9 Å². The predicted molar refractivity (Wildman–Crippen MR) is 133 cm³/mol. The Morgan fingerprint density at radius 1 is 1.06 bits per heavy atom. The van der Waals surface area contributed by atoms with Crippen LogP contribution in [0.3, 0.4) is 0 Å². The lowest BCUT2D eigenvalue weighted by atomic mass is 10.1. The second kappa shape index (κ2) is 9.05. The third kappa shape index (κ3) is 4.46. The summed E-state index contributed by atoms with van der Waals surface area (Å²) in [5.74, 6) is 0.338. The molecule has 5 rings (SSSR count). The number of hydrogen-bond donors (Lipinski definition) is 1. The monoisotopic (exact) mass is 473 g/mol. The summed E-state index contributed by atoms with van der Waals surface area (Å²) in [6, 6.07) is 17.6. The minimum Gasteiger partial charge on any atom is -0.301 e. The molecule has 33 heavy (non-hydrogen) atoms. The van der Waals surface area contributed by atoms with E-state index in [0.717, 1.165) is 33.8 Å². The van der Waals surface area contributed by atoms with Gasteiger partial charge in [-0.2, -0.15) is 9.36 Å². The van der Waals surface area contributed by atoms with Gasteiger partial charge in [0.2, 0.25) is 11.0 Å². The van der Waals surface area contributed by atoms with E-state index >= 15 is 0 Å². The number of nitrogens with one attached hydrogen (secondary N) is 1. The molecule has 1 amide bonds. The molecule has 0 aliphatic carbocycles. The number of thiophene rings is 1. The molecule has 5 aromatic rings. The molecule has 7 nitrogen and oxygen atoms in total. The summed E-state index contributed by atoms with van der Waals surface area (Å²) >= 11 is 2.57. The lowest BCUT2D eigenvalue weighted by molar-refractivity contribution is -0.116. The highest BCUT2D eigenvalue weighted by molar-refractivity contribution is 7.17. The Balaban J connectivity index is 1.31. The van der Waals surface area contributed by atoms with Gasteiger partial charge in [-0.3, -0.25) is 14.2 Å². The van der Waals surface area contributed by atoms with Crippen LogP contribution in [-0.4, -0.2) is 24.8 Å². The van der Waals surface area contributed by atoms with Crippen molar-refractivity contribution in [2.24, 2.45) is 0 Å². The minimum absolute atomic E-state index is 0.122. The van der Waals surface area contributed by atoms with E-state index in [-0.39, 0.29) is 24.4 Å². The fraction of sp³-hybridized carbons (Fsp3) is 0.125. The van der Waals surface area contributed by atoms with Crippen LogP contribution in [0.1, 0.15) is 12.0 Å². The molecular weight excluding hydrogens is 454 g/mol. The van der Waals surface area contributed by atoms with Crippen molar-refractivity contribution >= 4 is 44.1 Å². The van der Waals surface area contributed by atoms with Crippen molar-refractivity contribution in [1.29, 1.82) is 0 Å². The molecule has 3 aromatic heterocycles. The smallest absolute Gasteiger partial charge is 0.262 e. The topological polar surface area (TPSA) is 89.8 Å². The van der Waals surface area contributed by atoms with E-state index in [0.29, 0.717) is 21.2 Å². The number of aryl methyl sites for hydroxylation is 2. The Hall–Kier alpha value is -3.69. The van der Waals surface area contributed by atoms with Crippen molar-refractivity contribution in [2.75, 3.05) is 5.32 Å². The normalized spacial score (nSPS) is 11.1. The number of carbonyl (C=O) groups excluding carboxylic acids is 1. The maximum Gasteiger partial charge on any atom is 0.262 e. The van der Waals surface area contributed by atoms with Gasteiger partial charge in [0.15, 0.2) is 5.82 Å². The molecule has 0 unspecified atom stereocenters. The van der Waals surface area contributed by atoms with Gasteiger partial charge in [-0.05, 0) is 12.5 Å². The molecule has 0 aliphatic heterocycles. The van der Waals surface area contributed by atoms with E-state index in [2.05, 4.69) is 19.7 Å². The van der Waals surface area contributed by atoms with Crippen LogP contribution in [-0.2, 0) is 11.3 Å². The fourth-order valence-electron chi connectivity index (χ4n) is 3.45. The van der Waals surface area contributed by atoms with Gasteiger partial charge in [0.05, 0.1) is 11.7 Å². The number of benzene rings is 2. The van der Waals surface area contributed by atoms with Crippen LogP contribution in [0, 0.1) is 6.92 Å². The highest BCUT2D eigenvalue weighted by Crippen LogP contribution is 2.30. The van der Waals surface area contributed by atoms with Crippen LogP contribution in [0.15, 0.2) is 71.1 Å². The molecule has 3 heterocycles. The molecule has 164 valence electrons. The summed E-state index contributed by atoms with van der Waals surface area (Å²) < 4.78 is 5.78. The van der Waals surface area contributed by atoms with Crippen molar-refractivity contribution in [3.63, 3.8) is 0 Å². The van der Waals surface area contributed by atoms with Crippen LogP contribution < -0.4 is 10.9 Å². The quantitative estimate of drug-likeness (QED) is 0.376. The molecule has 0 radical (unpaired) electrons. The Bertz CT molecular complexity index is 1490. The number of rotatable bonds is 6. The predicted octanol–water partition coefficient (Wildman–Crippen LogP) is 4.98. The van der Waals surface area contributed by atoms with Gasteiger partial charge in [-0.25, -0.2) is 4.98 Å². The Morgan fingerprint density at radius 3 is 2.64 bits per heavy atom. The first-order valence-corrected chi connectivity index (χ1v) is 12.0. The second-order valence-corrected chi connectivity index (χ2v) is 9.14. The largest absolute Gasteiger partial charge is 0.301 e. The average Bonchev–Trinajstić information content (AvgIpc) is 3.47. The first-order valence-electron chi connectivity index (χ1n) is 10.3. The molecule has 1 N–H and O–H groups in total. The van der Waals surface area contributed by atoms with Crippen LogP contribution in [0.2, 0.25) is 0 Å². The number of aromatic nitrogens is 4. The van der Waals surface area contributed by atoms with Crippen molar-refractivity contribution in [1.82, 2.24) is 18.9 Å². The van der Waals surface area contributed by atoms with Gasteiger partial charge in [-0.1, -0.05) is 60.2 Å². The van der Waals surface area contributed by atoms with Gasteiger partial charge in [0.25, 0.3) is 5.56 Å². The van der Waals surface area contributed by atoms with Crippen molar-refractivity contribution < 1.29 is 4.79 Å². The zero-order valence-electron chi connectivity index (χ0n) is 17.7. The van der Waals surface area contributed by atoms with Crippen LogP contribution in [0.4, 0.5) is 5.13 Å². The zero-order chi connectivity index (χ0) is 22.8. The number of carbonyl (C=O) groups is 1. The SMILES string of the molecule is Cc1ccc(-c2csc3ncn(CCC(=O)Nc4nc(-c5ccccc5)ns4)c(=O)c23)cc1. The Morgan fingerprint density at radius 2 is 1.85 bits per heavy atom. The molecule has 0 aliphatic rings. The lowest BCUT2D eigenvalue weighted by Crippen LogP contribution is -2.23. The average molecular weight is 474 g/mol. The van der Waals surface area contributed by atoms with E-state index in [1.165, 1.54) is 22.2 Å². The van der Waals surface area contributed by atoms with Gasteiger partial charge in [-0.15, -0.1) is 11.3 Å². The van der Waals surface area contributed by atoms with Crippen LogP contribution in [0.5, 0.6) is 0 Å². The Kier molecular flexibility index (Phi) is 5.80. The van der Waals surface area contributed by atoms with Gasteiger partial charge in [0.1, 0.15) is 4.83 Å². The maximum atomic E-state index is 13.2. The van der Waals surface area contributed by atoms with E-state index in [1.807, 2.05) is 66.9 Å². The highest BCUT2D eigenvalue weighted by atomic mass is 32.1. The van der Waals surface area contributed by atoms with Crippen LogP contribution in [0.25, 0.3) is 32.7 Å². The molecule has 9 heteroatoms. The highest BCUT2D eigenvalue weighted by Gasteiger charge is 2.15. The summed E-state index contributed by atoms with van der Waals surface area (Å²) in [5, 5.41) is 5.74. The molecule has 0 bridgehead atoms. The third-order valence-electron chi connectivity index (χ3n) is 5.21. The molecule has 2 aromatic carbocycles. The summed E-state index contributed by atoms with van der Waals surface area (Å²) in [6.07, 6.45) is 1.63. The lowest BCUT2D eigenvalue weighted by Gasteiger charge is -2.06. The first-order chi connectivity index (χ1) is 16.1.